The van der Waals surface area contributed by atoms with E-state index >= 15 is 0 Å². The molecule has 1 aromatic heterocycles. The first-order valence-electron chi connectivity index (χ1n) is 7.60. The molecule has 1 aromatic rings. The number of nitrogens with two attached hydrogens (primary N) is 1. The van der Waals surface area contributed by atoms with Gasteiger partial charge >= 0.3 is 5.97 Å². The van der Waals surface area contributed by atoms with Crippen LogP contribution in [0.1, 0.15) is 31.9 Å². The maximum Gasteiger partial charge on any atom is 0.302 e. The van der Waals surface area contributed by atoms with Crippen LogP contribution in [0.4, 0.5) is 0 Å². The van der Waals surface area contributed by atoms with Gasteiger partial charge in [-0.1, -0.05) is 6.92 Å². The molecule has 0 spiro atoms. The number of carbonyl (C=O) groups excluding carboxylic acids is 1. The lowest BCUT2D eigenvalue weighted by Crippen LogP contribution is -2.43. The van der Waals surface area contributed by atoms with Crippen molar-refractivity contribution in [3.63, 3.8) is 0 Å². The minimum atomic E-state index is -3.98. The summed E-state index contributed by atoms with van der Waals surface area (Å²) in [7, 11) is -7.81. The van der Waals surface area contributed by atoms with Crippen molar-refractivity contribution in [1.82, 2.24) is 9.62 Å². The molecule has 26 heavy (non-hydrogen) atoms. The third-order valence-corrected chi connectivity index (χ3v) is 8.59. The van der Waals surface area contributed by atoms with Crippen LogP contribution >= 0.6 is 23.7 Å². The summed E-state index contributed by atoms with van der Waals surface area (Å²) in [6, 6.07) is 1.00. The molecule has 0 unspecified atom stereocenters. The number of esters is 1. The number of primary sulfonamides is 1. The van der Waals surface area contributed by atoms with Crippen LogP contribution in [0.15, 0.2) is 14.5 Å². The molecule has 9 nitrogen and oxygen atoms in total. The SMILES string of the molecule is CCN[C@H]1CN(CCCOC(C)=O)S(=O)(=O)c2sc(S(N)(=O)=O)cc21.Cl. The van der Waals surface area contributed by atoms with E-state index in [9.17, 15) is 21.6 Å². The average molecular weight is 448 g/mol. The first-order chi connectivity index (χ1) is 11.6. The maximum atomic E-state index is 12.8. The number of fused-ring (bicyclic) bond motifs is 1. The van der Waals surface area contributed by atoms with Gasteiger partial charge < -0.3 is 10.1 Å². The summed E-state index contributed by atoms with van der Waals surface area (Å²) < 4.78 is 54.7. The van der Waals surface area contributed by atoms with E-state index in [1.54, 1.807) is 0 Å². The zero-order chi connectivity index (χ0) is 18.8. The van der Waals surface area contributed by atoms with E-state index in [0.29, 0.717) is 29.9 Å². The van der Waals surface area contributed by atoms with Gasteiger partial charge in [0, 0.05) is 31.6 Å². The molecule has 0 bridgehead atoms. The highest BCUT2D eigenvalue weighted by Gasteiger charge is 2.39. The van der Waals surface area contributed by atoms with Gasteiger partial charge in [0.15, 0.2) is 0 Å². The number of ether oxygens (including phenoxy) is 1. The maximum absolute atomic E-state index is 12.8. The van der Waals surface area contributed by atoms with E-state index in [1.807, 2.05) is 6.92 Å². The minimum Gasteiger partial charge on any atom is -0.466 e. The number of rotatable bonds is 7. The summed E-state index contributed by atoms with van der Waals surface area (Å²) in [5.41, 5.74) is 0.423. The molecule has 1 atom stereocenters. The van der Waals surface area contributed by atoms with Gasteiger partial charge in [-0.25, -0.2) is 22.0 Å². The van der Waals surface area contributed by atoms with Crippen molar-refractivity contribution in [2.45, 2.75) is 34.7 Å². The number of hydrogen-bond acceptors (Lipinski definition) is 8. The van der Waals surface area contributed by atoms with Crippen LogP contribution in [0.3, 0.4) is 0 Å². The van der Waals surface area contributed by atoms with E-state index in [2.05, 4.69) is 5.32 Å². The summed E-state index contributed by atoms with van der Waals surface area (Å²) in [4.78, 5) is 10.8. The molecule has 0 saturated heterocycles. The van der Waals surface area contributed by atoms with E-state index in [1.165, 1.54) is 17.3 Å². The fourth-order valence-electron chi connectivity index (χ4n) is 2.56. The topological polar surface area (TPSA) is 136 Å². The molecule has 0 fully saturated rings. The number of thiophene rings is 1. The van der Waals surface area contributed by atoms with Crippen LogP contribution in [0.25, 0.3) is 0 Å². The first kappa shape index (κ1) is 23.3. The Morgan fingerprint density at radius 1 is 1.50 bits per heavy atom. The molecule has 3 N–H and O–H groups in total. The Balaban J connectivity index is 0.00000338. The smallest absolute Gasteiger partial charge is 0.302 e. The van der Waals surface area contributed by atoms with Crippen molar-refractivity contribution in [3.8, 4) is 0 Å². The standard InChI is InChI=1S/C13H21N3O6S3.ClH/c1-3-15-11-8-16(5-4-6-22-9(2)17)25(20,21)13-10(11)7-12(23-13)24(14,18)19;/h7,11,15H,3-6,8H2,1-2H3,(H2,14,18,19);1H/t11-;/m0./s1. The van der Waals surface area contributed by atoms with Gasteiger partial charge in [-0.3, -0.25) is 4.79 Å². The molecule has 13 heteroatoms. The molecule has 1 aliphatic rings. The Morgan fingerprint density at radius 3 is 2.69 bits per heavy atom. The molecule has 0 aromatic carbocycles. The number of nitrogens with one attached hydrogen (secondary N) is 1. The monoisotopic (exact) mass is 447 g/mol. The van der Waals surface area contributed by atoms with Gasteiger partial charge in [0.25, 0.3) is 10.0 Å². The number of sulfonamides is 2. The highest BCUT2D eigenvalue weighted by Crippen LogP contribution is 2.39. The van der Waals surface area contributed by atoms with Gasteiger partial charge in [0.1, 0.15) is 8.42 Å². The highest BCUT2D eigenvalue weighted by molar-refractivity contribution is 7.94. The normalized spacial score (nSPS) is 19.4. The third-order valence-electron chi connectivity index (χ3n) is 3.63. The zero-order valence-electron chi connectivity index (χ0n) is 14.3. The van der Waals surface area contributed by atoms with Gasteiger partial charge in [0.2, 0.25) is 10.0 Å². The molecule has 0 saturated carbocycles. The first-order valence-corrected chi connectivity index (χ1v) is 11.4. The molecule has 1 aliphatic heterocycles. The summed E-state index contributed by atoms with van der Waals surface area (Å²) in [5.74, 6) is -0.426. The van der Waals surface area contributed by atoms with E-state index in [4.69, 9.17) is 9.88 Å². The number of halogens is 1. The molecule has 2 heterocycles. The van der Waals surface area contributed by atoms with Crippen molar-refractivity contribution in [2.24, 2.45) is 5.14 Å². The fourth-order valence-corrected chi connectivity index (χ4v) is 6.86. The van der Waals surface area contributed by atoms with Crippen LogP contribution in [-0.2, 0) is 29.6 Å². The Hall–Kier alpha value is -0.760. The summed E-state index contributed by atoms with van der Waals surface area (Å²) in [6.45, 7) is 4.20. The third kappa shape index (κ3) is 5.15. The Labute approximate surface area is 163 Å². The highest BCUT2D eigenvalue weighted by atomic mass is 35.5. The van der Waals surface area contributed by atoms with Crippen LogP contribution < -0.4 is 10.5 Å². The lowest BCUT2D eigenvalue weighted by atomic mass is 10.1. The van der Waals surface area contributed by atoms with Gasteiger partial charge in [-0.05, 0) is 19.0 Å². The number of likely N-dealkylation sites (N-methyl/N-ethyl adjacent to an activating group) is 1. The molecular weight excluding hydrogens is 426 g/mol. The van der Waals surface area contributed by atoms with Gasteiger partial charge in [-0.2, -0.15) is 4.31 Å². The predicted molar refractivity (Wildman–Crippen MR) is 99.4 cm³/mol. The average Bonchev–Trinajstić information content (AvgIpc) is 2.94. The number of carbonyl (C=O) groups is 1. The van der Waals surface area contributed by atoms with Crippen LogP contribution in [0.5, 0.6) is 0 Å². The van der Waals surface area contributed by atoms with Gasteiger partial charge in [-0.15, -0.1) is 23.7 Å². The largest absolute Gasteiger partial charge is 0.466 e. The van der Waals surface area contributed by atoms with Crippen molar-refractivity contribution >= 4 is 49.8 Å². The minimum absolute atomic E-state index is 0. The second-order valence-corrected chi connectivity index (χ2v) is 10.5. The second kappa shape index (κ2) is 8.95. The summed E-state index contributed by atoms with van der Waals surface area (Å²) in [6.07, 6.45) is 0.348. The zero-order valence-corrected chi connectivity index (χ0v) is 17.6. The molecule has 0 aliphatic carbocycles. The fraction of sp³-hybridized carbons (Fsp3) is 0.615. The molecule has 0 radical (unpaired) electrons. The summed E-state index contributed by atoms with van der Waals surface area (Å²) in [5, 5.41) is 8.30. The van der Waals surface area contributed by atoms with E-state index < -0.39 is 26.0 Å². The lowest BCUT2D eigenvalue weighted by molar-refractivity contribution is -0.141. The summed E-state index contributed by atoms with van der Waals surface area (Å²) >= 11 is 0.659. The number of nitrogens with zero attached hydrogens (tertiary/aromatic N) is 1. The van der Waals surface area contributed by atoms with Crippen molar-refractivity contribution < 1.29 is 26.4 Å². The molecular formula is C13H22ClN3O6S3. The van der Waals surface area contributed by atoms with Crippen molar-refractivity contribution in [3.05, 3.63) is 11.6 Å². The molecule has 2 rings (SSSR count). The molecule has 0 amide bonds. The van der Waals surface area contributed by atoms with Crippen molar-refractivity contribution in [1.29, 1.82) is 0 Å². The second-order valence-electron chi connectivity index (χ2n) is 5.52. The Morgan fingerprint density at radius 2 is 2.15 bits per heavy atom. The number of hydrogen-bond donors (Lipinski definition) is 2. The van der Waals surface area contributed by atoms with Gasteiger partial charge in [0.05, 0.1) is 6.61 Å². The Bertz CT molecular complexity index is 852. The molecule has 150 valence electrons. The Kier molecular flexibility index (Phi) is 8.02. The predicted octanol–water partition coefficient (Wildman–Crippen LogP) is 0.425. The van der Waals surface area contributed by atoms with Crippen LogP contribution in [0.2, 0.25) is 0 Å². The quantitative estimate of drug-likeness (QED) is 0.456. The van der Waals surface area contributed by atoms with E-state index in [-0.39, 0.29) is 46.6 Å². The van der Waals surface area contributed by atoms with Crippen LogP contribution in [0, 0.1) is 0 Å². The van der Waals surface area contributed by atoms with Crippen LogP contribution in [-0.4, -0.2) is 53.4 Å². The lowest BCUT2D eigenvalue weighted by Gasteiger charge is -2.32. The van der Waals surface area contributed by atoms with E-state index in [0.717, 1.165) is 0 Å². The van der Waals surface area contributed by atoms with Crippen molar-refractivity contribution in [2.75, 3.05) is 26.2 Å².